The summed E-state index contributed by atoms with van der Waals surface area (Å²) < 4.78 is 1.00. The molecule has 0 N–H and O–H groups in total. The molecule has 0 radical (unpaired) electrons. The first-order chi connectivity index (χ1) is 5.32. The highest BCUT2D eigenvalue weighted by Crippen LogP contribution is 2.43. The molecule has 0 fully saturated rings. The van der Waals surface area contributed by atoms with Crippen molar-refractivity contribution in [1.29, 1.82) is 0 Å². The van der Waals surface area contributed by atoms with Gasteiger partial charge in [0, 0.05) is 24.3 Å². The van der Waals surface area contributed by atoms with E-state index in [0.29, 0.717) is 6.04 Å². The SMILES string of the molecule is C[N+]12C3=CC=C1C=CC2C=C3. The molecule has 0 saturated heterocycles. The fraction of sp³-hybridized carbons (Fsp3) is 0.200. The average Bonchev–Trinajstić information content (AvgIpc) is 2.53. The van der Waals surface area contributed by atoms with E-state index in [2.05, 4.69) is 43.5 Å². The van der Waals surface area contributed by atoms with Gasteiger partial charge in [0.05, 0.1) is 7.05 Å². The molecule has 0 spiro atoms. The fourth-order valence-electron chi connectivity index (χ4n) is 2.20. The minimum Gasteiger partial charge on any atom is -0.252 e. The molecular formula is C10H10N+. The van der Waals surface area contributed by atoms with Gasteiger partial charge in [-0.3, -0.25) is 4.48 Å². The molecule has 0 aromatic rings. The lowest BCUT2D eigenvalue weighted by Crippen LogP contribution is -2.39. The van der Waals surface area contributed by atoms with Gasteiger partial charge < -0.3 is 0 Å². The first-order valence-corrected chi connectivity index (χ1v) is 3.97. The van der Waals surface area contributed by atoms with Crippen LogP contribution in [0.25, 0.3) is 0 Å². The van der Waals surface area contributed by atoms with Gasteiger partial charge in [0.25, 0.3) is 0 Å². The Labute approximate surface area is 66.2 Å². The molecule has 0 bridgehead atoms. The first kappa shape index (κ1) is 5.56. The van der Waals surface area contributed by atoms with E-state index >= 15 is 0 Å². The Balaban J connectivity index is 2.32. The van der Waals surface area contributed by atoms with Crippen LogP contribution in [-0.4, -0.2) is 17.6 Å². The molecule has 1 heteroatoms. The van der Waals surface area contributed by atoms with E-state index in [0.717, 1.165) is 4.48 Å². The quantitative estimate of drug-likeness (QED) is 0.454. The second-order valence-corrected chi connectivity index (χ2v) is 3.47. The lowest BCUT2D eigenvalue weighted by Gasteiger charge is -2.28. The summed E-state index contributed by atoms with van der Waals surface area (Å²) >= 11 is 0. The Hall–Kier alpha value is -1.08. The van der Waals surface area contributed by atoms with Crippen LogP contribution in [-0.2, 0) is 0 Å². The van der Waals surface area contributed by atoms with E-state index in [4.69, 9.17) is 0 Å². The zero-order valence-corrected chi connectivity index (χ0v) is 6.49. The second kappa shape index (κ2) is 1.41. The predicted molar refractivity (Wildman–Crippen MR) is 44.4 cm³/mol. The Kier molecular flexibility index (Phi) is 0.712. The third-order valence-electron chi connectivity index (χ3n) is 3.02. The van der Waals surface area contributed by atoms with Crippen molar-refractivity contribution in [2.24, 2.45) is 0 Å². The molecule has 0 amide bonds. The van der Waals surface area contributed by atoms with Gasteiger partial charge in [0.2, 0.25) is 0 Å². The Morgan fingerprint density at radius 2 is 1.64 bits per heavy atom. The zero-order valence-electron chi connectivity index (χ0n) is 6.49. The van der Waals surface area contributed by atoms with Gasteiger partial charge in [-0.25, -0.2) is 0 Å². The van der Waals surface area contributed by atoms with Crippen LogP contribution in [0, 0.1) is 0 Å². The average molecular weight is 144 g/mol. The summed E-state index contributed by atoms with van der Waals surface area (Å²) in [5, 5.41) is 0. The Bertz CT molecular complexity index is 312. The topological polar surface area (TPSA) is 0 Å². The van der Waals surface area contributed by atoms with Crippen LogP contribution in [0.4, 0.5) is 0 Å². The van der Waals surface area contributed by atoms with Crippen LogP contribution in [0.3, 0.4) is 0 Å². The number of hydrogen-bond acceptors (Lipinski definition) is 0. The van der Waals surface area contributed by atoms with Gasteiger partial charge in [0.15, 0.2) is 0 Å². The van der Waals surface area contributed by atoms with Crippen molar-refractivity contribution in [3.8, 4) is 0 Å². The van der Waals surface area contributed by atoms with Crippen LogP contribution in [0.1, 0.15) is 0 Å². The lowest BCUT2D eigenvalue weighted by atomic mass is 10.3. The number of rotatable bonds is 0. The number of quaternary nitrogens is 1. The highest BCUT2D eigenvalue weighted by molar-refractivity contribution is 5.42. The molecular weight excluding hydrogens is 134 g/mol. The standard InChI is InChI=1S/C10H10N/c1-11-8-2-3-9(11)6-7-10(11)5-4-8/h2-8H,1H3/q+1. The number of allylic oxidation sites excluding steroid dienone is 4. The highest BCUT2D eigenvalue weighted by atomic mass is 15.4. The molecule has 0 aliphatic carbocycles. The van der Waals surface area contributed by atoms with Crippen LogP contribution in [0.15, 0.2) is 47.9 Å². The van der Waals surface area contributed by atoms with E-state index < -0.39 is 0 Å². The van der Waals surface area contributed by atoms with Gasteiger partial charge >= 0.3 is 0 Å². The maximum atomic E-state index is 2.28. The highest BCUT2D eigenvalue weighted by Gasteiger charge is 2.46. The number of likely N-dealkylation sites (N-methyl/N-ethyl adjacent to an activating group) is 1. The number of nitrogens with zero attached hydrogens (tertiary/aromatic N) is 1. The maximum Gasteiger partial charge on any atom is 0.138 e. The first-order valence-electron chi connectivity index (χ1n) is 3.97. The van der Waals surface area contributed by atoms with Crippen molar-refractivity contribution in [1.82, 2.24) is 0 Å². The Morgan fingerprint density at radius 3 is 2.18 bits per heavy atom. The summed E-state index contributed by atoms with van der Waals surface area (Å²) in [6.45, 7) is 0. The minimum absolute atomic E-state index is 0.579. The molecule has 0 saturated carbocycles. The van der Waals surface area contributed by atoms with Gasteiger partial charge in [-0.1, -0.05) is 0 Å². The van der Waals surface area contributed by atoms with E-state index in [9.17, 15) is 0 Å². The summed E-state index contributed by atoms with van der Waals surface area (Å²) in [5.74, 6) is 0. The summed E-state index contributed by atoms with van der Waals surface area (Å²) in [5.41, 5.74) is 2.85. The molecule has 0 aromatic heterocycles. The zero-order chi connectivity index (χ0) is 7.47. The van der Waals surface area contributed by atoms with Crippen molar-refractivity contribution in [2.45, 2.75) is 6.04 Å². The monoisotopic (exact) mass is 144 g/mol. The van der Waals surface area contributed by atoms with Crippen molar-refractivity contribution in [3.63, 3.8) is 0 Å². The van der Waals surface area contributed by atoms with E-state index in [1.807, 2.05) is 0 Å². The van der Waals surface area contributed by atoms with E-state index in [1.165, 1.54) is 11.4 Å². The normalized spacial score (nSPS) is 42.8. The van der Waals surface area contributed by atoms with Crippen molar-refractivity contribution in [3.05, 3.63) is 47.9 Å². The van der Waals surface area contributed by atoms with Gasteiger partial charge in [-0.2, -0.15) is 0 Å². The predicted octanol–water partition coefficient (Wildman–Crippen LogP) is 1.72. The van der Waals surface area contributed by atoms with Gasteiger partial charge in [-0.15, -0.1) is 0 Å². The largest absolute Gasteiger partial charge is 0.252 e. The summed E-state index contributed by atoms with van der Waals surface area (Å²) in [7, 11) is 2.27. The second-order valence-electron chi connectivity index (χ2n) is 3.47. The van der Waals surface area contributed by atoms with Crippen LogP contribution >= 0.6 is 0 Å². The van der Waals surface area contributed by atoms with E-state index in [1.54, 1.807) is 0 Å². The molecule has 1 nitrogen and oxygen atoms in total. The molecule has 3 heterocycles. The summed E-state index contributed by atoms with van der Waals surface area (Å²) in [4.78, 5) is 0. The van der Waals surface area contributed by atoms with Gasteiger partial charge in [-0.05, 0) is 12.2 Å². The molecule has 3 rings (SSSR count). The third-order valence-corrected chi connectivity index (χ3v) is 3.02. The van der Waals surface area contributed by atoms with Crippen molar-refractivity contribution < 1.29 is 4.48 Å². The fourth-order valence-corrected chi connectivity index (χ4v) is 2.20. The van der Waals surface area contributed by atoms with Crippen LogP contribution < -0.4 is 0 Å². The molecule has 11 heavy (non-hydrogen) atoms. The molecule has 3 aliphatic rings. The molecule has 0 aromatic carbocycles. The van der Waals surface area contributed by atoms with Crippen LogP contribution in [0.2, 0.25) is 0 Å². The van der Waals surface area contributed by atoms with Crippen molar-refractivity contribution in [2.75, 3.05) is 7.05 Å². The molecule has 54 valence electrons. The molecule has 3 aliphatic heterocycles. The minimum atomic E-state index is 0.579. The maximum absolute atomic E-state index is 2.28. The number of hydrogen-bond donors (Lipinski definition) is 0. The smallest absolute Gasteiger partial charge is 0.138 e. The Morgan fingerprint density at radius 1 is 1.09 bits per heavy atom. The van der Waals surface area contributed by atoms with E-state index in [-0.39, 0.29) is 0 Å². The lowest BCUT2D eigenvalue weighted by molar-refractivity contribution is -0.828. The third kappa shape index (κ3) is 0.419. The summed E-state index contributed by atoms with van der Waals surface area (Å²) in [6, 6.07) is 0.579. The van der Waals surface area contributed by atoms with Crippen molar-refractivity contribution >= 4 is 0 Å². The van der Waals surface area contributed by atoms with Crippen LogP contribution in [0.5, 0.6) is 0 Å². The van der Waals surface area contributed by atoms with Gasteiger partial charge in [0.1, 0.15) is 17.4 Å². The summed E-state index contributed by atoms with van der Waals surface area (Å²) in [6.07, 6.45) is 13.5. The molecule has 0 unspecified atom stereocenters. The molecule has 0 atom stereocenters.